The number of allylic oxidation sites excluding steroid dienone is 14. The van der Waals surface area contributed by atoms with Crippen molar-refractivity contribution in [2.75, 3.05) is 47.5 Å². The van der Waals surface area contributed by atoms with Crippen molar-refractivity contribution in [1.82, 2.24) is 0 Å². The molecule has 90 heavy (non-hydrogen) atoms. The summed E-state index contributed by atoms with van der Waals surface area (Å²) in [7, 11) is 1.17. The minimum absolute atomic E-state index is 0.0338. The average molecular weight is 1280 g/mol. The van der Waals surface area contributed by atoms with Crippen LogP contribution in [0.4, 0.5) is 0 Å². The van der Waals surface area contributed by atoms with Crippen molar-refractivity contribution in [3.63, 3.8) is 0 Å². The van der Waals surface area contributed by atoms with Crippen molar-refractivity contribution >= 4 is 19.8 Å². The highest BCUT2D eigenvalue weighted by Crippen LogP contribution is 2.38. The summed E-state index contributed by atoms with van der Waals surface area (Å²) in [5.41, 5.74) is 0. The minimum atomic E-state index is -4.65. The Morgan fingerprint density at radius 1 is 0.356 bits per heavy atom. The SMILES string of the molecule is CC/C=C\C/C=C\C/C=C\C/C=C\C/C=C\C/C=C\C/C=C\CCCCCCCCCCCC(=O)OC(COC(=O)CCCCCCCCCCCCCCCCCCCCCCCCCCCCCCCCCCCCC)COP(=O)([O-])OCC[N+](C)(C)C. The van der Waals surface area contributed by atoms with E-state index in [0.29, 0.717) is 17.4 Å². The van der Waals surface area contributed by atoms with Gasteiger partial charge in [0.05, 0.1) is 27.7 Å². The lowest BCUT2D eigenvalue weighted by atomic mass is 10.0. The molecule has 0 aliphatic heterocycles. The highest BCUT2D eigenvalue weighted by atomic mass is 31.2. The first-order chi connectivity index (χ1) is 44.0. The third kappa shape index (κ3) is 74.2. The van der Waals surface area contributed by atoms with Gasteiger partial charge in [-0.05, 0) is 70.6 Å². The van der Waals surface area contributed by atoms with Crippen LogP contribution in [0.5, 0.6) is 0 Å². The number of hydrogen-bond acceptors (Lipinski definition) is 8. The van der Waals surface area contributed by atoms with Gasteiger partial charge in [0.1, 0.15) is 19.8 Å². The lowest BCUT2D eigenvalue weighted by Crippen LogP contribution is -2.37. The van der Waals surface area contributed by atoms with Crippen molar-refractivity contribution in [3.8, 4) is 0 Å². The fraction of sp³-hybridized carbons (Fsp3) is 0.800. The number of phosphoric ester groups is 1. The van der Waals surface area contributed by atoms with Crippen LogP contribution in [0.3, 0.4) is 0 Å². The van der Waals surface area contributed by atoms with E-state index in [9.17, 15) is 19.0 Å². The van der Waals surface area contributed by atoms with E-state index in [2.05, 4.69) is 98.9 Å². The summed E-state index contributed by atoms with van der Waals surface area (Å²) in [6.45, 7) is 4.17. The molecule has 524 valence electrons. The Morgan fingerprint density at radius 3 is 0.944 bits per heavy atom. The van der Waals surface area contributed by atoms with Crippen LogP contribution in [0.2, 0.25) is 0 Å². The summed E-state index contributed by atoms with van der Waals surface area (Å²) in [6.07, 6.45) is 97.0. The summed E-state index contributed by atoms with van der Waals surface area (Å²) < 4.78 is 34.4. The molecular formula is C80H146NO8P. The van der Waals surface area contributed by atoms with Gasteiger partial charge in [-0.3, -0.25) is 14.2 Å². The zero-order valence-electron chi connectivity index (χ0n) is 59.8. The van der Waals surface area contributed by atoms with Gasteiger partial charge in [0, 0.05) is 12.8 Å². The molecule has 0 aromatic heterocycles. The molecule has 0 fully saturated rings. The molecule has 2 unspecified atom stereocenters. The maximum atomic E-state index is 12.9. The third-order valence-electron chi connectivity index (χ3n) is 16.9. The second kappa shape index (κ2) is 70.5. The van der Waals surface area contributed by atoms with Gasteiger partial charge in [-0.1, -0.05) is 362 Å². The van der Waals surface area contributed by atoms with Gasteiger partial charge in [-0.25, -0.2) is 0 Å². The molecule has 0 amide bonds. The van der Waals surface area contributed by atoms with Crippen LogP contribution in [0.15, 0.2) is 85.1 Å². The Bertz CT molecular complexity index is 1800. The van der Waals surface area contributed by atoms with Gasteiger partial charge in [-0.15, -0.1) is 0 Å². The quantitative estimate of drug-likeness (QED) is 0.0195. The van der Waals surface area contributed by atoms with Gasteiger partial charge in [0.15, 0.2) is 6.10 Å². The van der Waals surface area contributed by atoms with Crippen LogP contribution in [0, 0.1) is 0 Å². The maximum Gasteiger partial charge on any atom is 0.306 e. The number of unbranched alkanes of at least 4 members (excludes halogenated alkanes) is 43. The molecule has 0 aliphatic rings. The van der Waals surface area contributed by atoms with Crippen molar-refractivity contribution < 1.29 is 42.1 Å². The van der Waals surface area contributed by atoms with Crippen LogP contribution >= 0.6 is 7.82 Å². The number of ether oxygens (including phenoxy) is 2. The number of quaternary nitrogens is 1. The van der Waals surface area contributed by atoms with Gasteiger partial charge >= 0.3 is 11.9 Å². The first-order valence-corrected chi connectivity index (χ1v) is 39.8. The lowest BCUT2D eigenvalue weighted by molar-refractivity contribution is -0.870. The summed E-state index contributed by atoms with van der Waals surface area (Å²) in [5.74, 6) is -0.828. The average Bonchev–Trinajstić information content (AvgIpc) is 3.58. The molecule has 0 aromatic rings. The first-order valence-electron chi connectivity index (χ1n) is 38.3. The second-order valence-electron chi connectivity index (χ2n) is 27.0. The highest BCUT2D eigenvalue weighted by Gasteiger charge is 2.22. The zero-order valence-corrected chi connectivity index (χ0v) is 60.7. The molecule has 10 heteroatoms. The molecule has 0 saturated heterocycles. The molecule has 9 nitrogen and oxygen atoms in total. The Hall–Kier alpha value is -2.81. The van der Waals surface area contributed by atoms with Gasteiger partial charge in [0.2, 0.25) is 0 Å². The summed E-state index contributed by atoms with van der Waals surface area (Å²) in [6, 6.07) is 0. The standard InChI is InChI=1S/C80H146NO8P/c1-6-8-10-12-14-16-18-20-22-24-26-28-30-32-34-36-38-39-40-41-43-44-46-48-50-52-54-56-58-60-62-64-66-68-70-72-79(82)86-76-78(77-88-90(84,85)87-75-74-81(3,4)5)89-80(83)73-71-69-67-65-63-61-59-57-55-53-51-49-47-45-42-37-35-33-31-29-27-25-23-21-19-17-15-13-11-9-7-2/h9,11,15,17,21,23,27,29,33,35,42,45,49,51,78H,6-8,10,12-14,16,18-20,22,24-26,28,30-32,34,36-41,43-44,46-48,50,52-77H2,1-5H3/b11-9-,17-15-,23-21-,29-27-,35-33-,45-42-,51-49-. The molecule has 0 rings (SSSR count). The fourth-order valence-corrected chi connectivity index (χ4v) is 11.8. The number of rotatable bonds is 71. The molecule has 0 aliphatic carbocycles. The van der Waals surface area contributed by atoms with Gasteiger partial charge in [0.25, 0.3) is 7.82 Å². The van der Waals surface area contributed by atoms with Gasteiger partial charge < -0.3 is 27.9 Å². The number of hydrogen-bond donors (Lipinski definition) is 0. The zero-order chi connectivity index (χ0) is 65.5. The number of esters is 2. The predicted octanol–water partition coefficient (Wildman–Crippen LogP) is 24.6. The van der Waals surface area contributed by atoms with Crippen LogP contribution in [0.25, 0.3) is 0 Å². The van der Waals surface area contributed by atoms with Crippen LogP contribution in [-0.2, 0) is 32.7 Å². The Labute approximate surface area is 558 Å². The van der Waals surface area contributed by atoms with Crippen molar-refractivity contribution in [2.45, 2.75) is 367 Å². The van der Waals surface area contributed by atoms with Gasteiger partial charge in [-0.2, -0.15) is 0 Å². The predicted molar refractivity (Wildman–Crippen MR) is 388 cm³/mol. The molecule has 2 atom stereocenters. The summed E-state index contributed by atoms with van der Waals surface area (Å²) in [5, 5.41) is 0. The number of phosphoric acid groups is 1. The summed E-state index contributed by atoms with van der Waals surface area (Å²) >= 11 is 0. The Kier molecular flexibility index (Phi) is 68.3. The van der Waals surface area contributed by atoms with E-state index >= 15 is 0 Å². The third-order valence-corrected chi connectivity index (χ3v) is 17.9. The first kappa shape index (κ1) is 87.2. The van der Waals surface area contributed by atoms with Crippen molar-refractivity contribution in [3.05, 3.63) is 85.1 Å². The van der Waals surface area contributed by atoms with Crippen molar-refractivity contribution in [1.29, 1.82) is 0 Å². The number of likely N-dealkylation sites (N-methyl/N-ethyl adjacent to an activating group) is 1. The van der Waals surface area contributed by atoms with E-state index < -0.39 is 26.5 Å². The topological polar surface area (TPSA) is 111 Å². The summed E-state index contributed by atoms with van der Waals surface area (Å²) in [4.78, 5) is 38.1. The molecule has 0 bridgehead atoms. The van der Waals surface area contributed by atoms with Crippen LogP contribution in [-0.4, -0.2) is 70.0 Å². The monoisotopic (exact) mass is 1280 g/mol. The van der Waals surface area contributed by atoms with E-state index in [1.165, 1.54) is 238 Å². The second-order valence-corrected chi connectivity index (χ2v) is 28.4. The largest absolute Gasteiger partial charge is 0.756 e. The molecular weight excluding hydrogens is 1130 g/mol. The number of carbonyl (C=O) groups excluding carboxylic acids is 2. The normalized spacial score (nSPS) is 13.5. The van der Waals surface area contributed by atoms with E-state index in [1.807, 2.05) is 21.1 Å². The van der Waals surface area contributed by atoms with E-state index in [-0.39, 0.29) is 32.0 Å². The van der Waals surface area contributed by atoms with Crippen LogP contribution < -0.4 is 4.89 Å². The molecule has 0 spiro atoms. The molecule has 0 aromatic carbocycles. The smallest absolute Gasteiger partial charge is 0.306 e. The van der Waals surface area contributed by atoms with Crippen LogP contribution in [0.1, 0.15) is 361 Å². The Balaban J connectivity index is 3.99. The molecule has 0 radical (unpaired) electrons. The highest BCUT2D eigenvalue weighted by molar-refractivity contribution is 7.45. The molecule has 0 N–H and O–H groups in total. The van der Waals surface area contributed by atoms with E-state index in [0.717, 1.165) is 89.9 Å². The maximum absolute atomic E-state index is 12.9. The molecule has 0 heterocycles. The number of nitrogens with zero attached hydrogens (tertiary/aromatic N) is 1. The molecule has 0 saturated carbocycles. The number of carbonyl (C=O) groups is 2. The minimum Gasteiger partial charge on any atom is -0.756 e. The fourth-order valence-electron chi connectivity index (χ4n) is 11.1. The van der Waals surface area contributed by atoms with E-state index in [4.69, 9.17) is 18.5 Å². The Morgan fingerprint density at radius 2 is 0.633 bits per heavy atom. The van der Waals surface area contributed by atoms with E-state index in [1.54, 1.807) is 0 Å². The van der Waals surface area contributed by atoms with Crippen molar-refractivity contribution in [2.24, 2.45) is 0 Å². The lowest BCUT2D eigenvalue weighted by Gasteiger charge is -2.28.